The first-order chi connectivity index (χ1) is 5.13. The molecule has 0 aliphatic carbocycles. The summed E-state index contributed by atoms with van der Waals surface area (Å²) in [6, 6.07) is 7.94. The molecule has 0 spiro atoms. The van der Waals surface area contributed by atoms with E-state index >= 15 is 0 Å². The van der Waals surface area contributed by atoms with Gasteiger partial charge in [0.25, 0.3) is 0 Å². The van der Waals surface area contributed by atoms with Crippen LogP contribution in [0.15, 0.2) is 30.3 Å². The fraction of sp³-hybridized carbons (Fsp3) is 0.143. The van der Waals surface area contributed by atoms with Gasteiger partial charge in [-0.25, -0.2) is 4.39 Å². The van der Waals surface area contributed by atoms with Gasteiger partial charge in [-0.15, -0.1) is 0 Å². The van der Waals surface area contributed by atoms with E-state index < -0.39 is 8.25 Å². The lowest BCUT2D eigenvalue weighted by Gasteiger charge is -1.78. The van der Waals surface area contributed by atoms with E-state index in [4.69, 9.17) is 14.4 Å². The van der Waals surface area contributed by atoms with Gasteiger partial charge < -0.3 is 9.79 Å². The molecule has 0 atom stereocenters. The number of benzene rings is 1. The third kappa shape index (κ3) is 12.0. The van der Waals surface area contributed by atoms with E-state index in [0.717, 1.165) is 0 Å². The van der Waals surface area contributed by atoms with E-state index in [2.05, 4.69) is 0 Å². The Kier molecular flexibility index (Phi) is 9.70. The Labute approximate surface area is 71.4 Å². The Balaban J connectivity index is 0. The van der Waals surface area contributed by atoms with Crippen LogP contribution in [0.1, 0.15) is 7.43 Å². The zero-order chi connectivity index (χ0) is 8.69. The number of rotatable bonds is 0. The maximum absolute atomic E-state index is 11.9. The summed E-state index contributed by atoms with van der Waals surface area (Å²) >= 11 is 0. The second kappa shape index (κ2) is 8.40. The van der Waals surface area contributed by atoms with Crippen LogP contribution in [0, 0.1) is 5.82 Å². The highest BCUT2D eigenvalue weighted by Gasteiger charge is 1.77. The van der Waals surface area contributed by atoms with Crippen molar-refractivity contribution in [3.8, 4) is 0 Å². The lowest BCUT2D eigenvalue weighted by atomic mass is 10.4. The van der Waals surface area contributed by atoms with Crippen molar-refractivity contribution in [2.45, 2.75) is 7.43 Å². The monoisotopic (exact) mass is 194 g/mol. The van der Waals surface area contributed by atoms with E-state index in [-0.39, 0.29) is 13.2 Å². The second-order valence-electron chi connectivity index (χ2n) is 1.58. The van der Waals surface area contributed by atoms with Gasteiger partial charge in [-0.2, -0.15) is 0 Å². The normalized spacial score (nSPS) is 8.00. The smallest absolute Gasteiger partial charge is 0.314 e. The Bertz CT molecular complexity index is 211. The number of hydrogen-bond donors (Lipinski definition) is 2. The van der Waals surface area contributed by atoms with E-state index in [1.165, 1.54) is 12.1 Å². The zero-order valence-corrected chi connectivity index (χ0v) is 6.57. The van der Waals surface area contributed by atoms with Gasteiger partial charge in [-0.05, 0) is 12.1 Å². The molecule has 1 aromatic rings. The Hall–Kier alpha value is -0.700. The first kappa shape index (κ1) is 13.9. The predicted octanol–water partition coefficient (Wildman–Crippen LogP) is 1.82. The van der Waals surface area contributed by atoms with Gasteiger partial charge in [0.1, 0.15) is 5.82 Å². The molecule has 5 heteroatoms. The van der Waals surface area contributed by atoms with Crippen LogP contribution in [0.25, 0.3) is 0 Å². The van der Waals surface area contributed by atoms with Gasteiger partial charge in [0.15, 0.2) is 0 Å². The Morgan fingerprint density at radius 3 is 1.67 bits per heavy atom. The van der Waals surface area contributed by atoms with Crippen molar-refractivity contribution in [3.05, 3.63) is 36.1 Å². The SMILES string of the molecule is C.Fc1ccccc1.O=[PH](O)O. The Morgan fingerprint density at radius 1 is 1.17 bits per heavy atom. The standard InChI is InChI=1S/C6H5F.CH4.H3O3P/c7-6-4-2-1-3-5-6;;1-4(2)3/h1-5H;1H4;4H,(H2,1,2,3). The summed E-state index contributed by atoms with van der Waals surface area (Å²) in [5.74, 6) is -0.178. The maximum atomic E-state index is 11.9. The molecular weight excluding hydrogens is 182 g/mol. The van der Waals surface area contributed by atoms with Gasteiger partial charge in [0.05, 0.1) is 0 Å². The molecule has 0 aliphatic rings. The molecule has 0 saturated heterocycles. The van der Waals surface area contributed by atoms with Crippen LogP contribution < -0.4 is 0 Å². The van der Waals surface area contributed by atoms with Crippen molar-refractivity contribution in [2.75, 3.05) is 0 Å². The van der Waals surface area contributed by atoms with E-state index in [0.29, 0.717) is 0 Å². The quantitative estimate of drug-likeness (QED) is 0.619. The summed E-state index contributed by atoms with van der Waals surface area (Å²) in [5.41, 5.74) is 0. The molecule has 0 saturated carbocycles. The van der Waals surface area contributed by atoms with Crippen molar-refractivity contribution in [1.82, 2.24) is 0 Å². The van der Waals surface area contributed by atoms with Gasteiger partial charge >= 0.3 is 8.25 Å². The molecule has 0 bridgehead atoms. The summed E-state index contributed by atoms with van der Waals surface area (Å²) in [7, 11) is -3.13. The van der Waals surface area contributed by atoms with Crippen LogP contribution in [0.3, 0.4) is 0 Å². The van der Waals surface area contributed by atoms with Crippen LogP contribution >= 0.6 is 8.25 Å². The average molecular weight is 194 g/mol. The van der Waals surface area contributed by atoms with E-state index in [1.54, 1.807) is 18.2 Å². The highest BCUT2D eigenvalue weighted by atomic mass is 31.1. The number of hydrogen-bond acceptors (Lipinski definition) is 1. The minimum Gasteiger partial charge on any atom is -0.326 e. The minimum absolute atomic E-state index is 0. The fourth-order valence-electron chi connectivity index (χ4n) is 0.415. The molecule has 70 valence electrons. The third-order valence-corrected chi connectivity index (χ3v) is 0.733. The van der Waals surface area contributed by atoms with Gasteiger partial charge in [0.2, 0.25) is 0 Å². The third-order valence-electron chi connectivity index (χ3n) is 0.733. The number of halogens is 1. The van der Waals surface area contributed by atoms with Gasteiger partial charge in [0, 0.05) is 0 Å². The topological polar surface area (TPSA) is 57.5 Å². The second-order valence-corrected chi connectivity index (χ2v) is 2.14. The molecule has 0 aliphatic heterocycles. The highest BCUT2D eigenvalue weighted by molar-refractivity contribution is 7.30. The zero-order valence-electron chi connectivity index (χ0n) is 5.57. The molecule has 0 radical (unpaired) electrons. The minimum atomic E-state index is -3.13. The van der Waals surface area contributed by atoms with Crippen LogP contribution in [-0.4, -0.2) is 9.79 Å². The summed E-state index contributed by atoms with van der Waals surface area (Å²) in [5, 5.41) is 0. The first-order valence-electron chi connectivity index (χ1n) is 2.75. The molecule has 3 nitrogen and oxygen atoms in total. The highest BCUT2D eigenvalue weighted by Crippen LogP contribution is 1.98. The molecule has 0 amide bonds. The summed E-state index contributed by atoms with van der Waals surface area (Å²) in [4.78, 5) is 14.3. The molecule has 1 rings (SSSR count). The molecular formula is C7H12FO3P. The molecule has 0 aromatic heterocycles. The van der Waals surface area contributed by atoms with E-state index in [9.17, 15) is 4.39 Å². The van der Waals surface area contributed by atoms with Crippen molar-refractivity contribution >= 4 is 8.25 Å². The van der Waals surface area contributed by atoms with Crippen molar-refractivity contribution in [3.63, 3.8) is 0 Å². The molecule has 2 N–H and O–H groups in total. The lowest BCUT2D eigenvalue weighted by Crippen LogP contribution is -1.63. The molecule has 0 unspecified atom stereocenters. The van der Waals surface area contributed by atoms with Crippen molar-refractivity contribution in [2.24, 2.45) is 0 Å². The van der Waals surface area contributed by atoms with Crippen LogP contribution in [0.5, 0.6) is 0 Å². The summed E-state index contributed by atoms with van der Waals surface area (Å²) in [6.45, 7) is 0. The molecule has 1 aromatic carbocycles. The van der Waals surface area contributed by atoms with E-state index in [1.807, 2.05) is 0 Å². The van der Waals surface area contributed by atoms with Gasteiger partial charge in [-0.1, -0.05) is 25.6 Å². The maximum Gasteiger partial charge on any atom is 0.314 e. The van der Waals surface area contributed by atoms with Crippen molar-refractivity contribution in [1.29, 1.82) is 0 Å². The summed E-state index contributed by atoms with van der Waals surface area (Å²) in [6.07, 6.45) is 0. The Morgan fingerprint density at radius 2 is 1.50 bits per heavy atom. The first-order valence-corrected chi connectivity index (χ1v) is 4.05. The van der Waals surface area contributed by atoms with Crippen LogP contribution in [0.2, 0.25) is 0 Å². The molecule has 0 fully saturated rings. The fourth-order valence-corrected chi connectivity index (χ4v) is 0.415. The largest absolute Gasteiger partial charge is 0.326 e. The summed E-state index contributed by atoms with van der Waals surface area (Å²) < 4.78 is 20.6. The van der Waals surface area contributed by atoms with Crippen LogP contribution in [-0.2, 0) is 4.57 Å². The van der Waals surface area contributed by atoms with Crippen LogP contribution in [0.4, 0.5) is 4.39 Å². The predicted molar refractivity (Wildman–Crippen MR) is 46.6 cm³/mol. The molecule has 12 heavy (non-hydrogen) atoms. The lowest BCUT2D eigenvalue weighted by molar-refractivity contribution is 0.405. The average Bonchev–Trinajstić information content (AvgIpc) is 1.87. The molecule has 0 heterocycles. The van der Waals surface area contributed by atoms with Gasteiger partial charge in [-0.3, -0.25) is 4.57 Å². The van der Waals surface area contributed by atoms with Crippen molar-refractivity contribution < 1.29 is 18.7 Å².